The van der Waals surface area contributed by atoms with Crippen molar-refractivity contribution in [3.8, 4) is 0 Å². The zero-order valence-electron chi connectivity index (χ0n) is 7.37. The van der Waals surface area contributed by atoms with Crippen molar-refractivity contribution in [2.75, 3.05) is 5.32 Å². The van der Waals surface area contributed by atoms with E-state index >= 15 is 0 Å². The molecule has 1 aliphatic carbocycles. The van der Waals surface area contributed by atoms with Crippen molar-refractivity contribution in [1.29, 1.82) is 0 Å². The summed E-state index contributed by atoms with van der Waals surface area (Å²) in [6.45, 7) is 4.09. The fourth-order valence-corrected chi connectivity index (χ4v) is 1.04. The molecule has 4 heteroatoms. The molecule has 0 unspecified atom stereocenters. The van der Waals surface area contributed by atoms with Crippen molar-refractivity contribution >= 4 is 6.01 Å². The van der Waals surface area contributed by atoms with Gasteiger partial charge in [0.2, 0.25) is 5.89 Å². The molecule has 1 aromatic rings. The second kappa shape index (κ2) is 2.77. The average molecular weight is 167 g/mol. The van der Waals surface area contributed by atoms with Gasteiger partial charge >= 0.3 is 6.01 Å². The highest BCUT2D eigenvalue weighted by molar-refractivity contribution is 5.19. The van der Waals surface area contributed by atoms with Gasteiger partial charge in [0, 0.05) is 12.0 Å². The fraction of sp³-hybridized carbons (Fsp3) is 0.750. The Bertz CT molecular complexity index is 265. The molecule has 1 saturated carbocycles. The molecule has 12 heavy (non-hydrogen) atoms. The van der Waals surface area contributed by atoms with Gasteiger partial charge in [0.15, 0.2) is 0 Å². The Hall–Kier alpha value is -1.06. The maximum Gasteiger partial charge on any atom is 0.315 e. The summed E-state index contributed by atoms with van der Waals surface area (Å²) in [5.74, 6) is 1.33. The first-order chi connectivity index (χ1) is 5.75. The fourth-order valence-electron chi connectivity index (χ4n) is 1.04. The Balaban J connectivity index is 2.03. The number of aromatic nitrogens is 2. The largest absolute Gasteiger partial charge is 0.408 e. The third kappa shape index (κ3) is 1.57. The summed E-state index contributed by atoms with van der Waals surface area (Å²) in [5, 5.41) is 10.9. The van der Waals surface area contributed by atoms with Crippen LogP contribution in [0.4, 0.5) is 6.01 Å². The SMILES string of the molecule is CC(C)Nc1nnc(C2CC2)o1. The molecule has 0 bridgehead atoms. The first-order valence-electron chi connectivity index (χ1n) is 4.35. The number of anilines is 1. The third-order valence-electron chi connectivity index (χ3n) is 1.78. The van der Waals surface area contributed by atoms with Crippen LogP contribution in [0.2, 0.25) is 0 Å². The molecule has 66 valence electrons. The van der Waals surface area contributed by atoms with Crippen LogP contribution in [0.5, 0.6) is 0 Å². The molecule has 4 nitrogen and oxygen atoms in total. The minimum Gasteiger partial charge on any atom is -0.408 e. The maximum atomic E-state index is 5.39. The van der Waals surface area contributed by atoms with Gasteiger partial charge in [0.1, 0.15) is 0 Å². The standard InChI is InChI=1S/C8H13N3O/c1-5(2)9-8-11-10-7(12-8)6-3-4-6/h5-6H,3-4H2,1-2H3,(H,9,11). The number of rotatable bonds is 3. The van der Waals surface area contributed by atoms with Crippen LogP contribution in [-0.4, -0.2) is 16.2 Å². The Morgan fingerprint density at radius 2 is 2.17 bits per heavy atom. The van der Waals surface area contributed by atoms with E-state index in [4.69, 9.17) is 4.42 Å². The zero-order chi connectivity index (χ0) is 8.55. The monoisotopic (exact) mass is 167 g/mol. The molecule has 1 fully saturated rings. The lowest BCUT2D eigenvalue weighted by Gasteiger charge is -2.02. The molecule has 0 radical (unpaired) electrons. The van der Waals surface area contributed by atoms with E-state index in [1.807, 2.05) is 13.8 Å². The Kier molecular flexibility index (Phi) is 1.75. The molecule has 2 rings (SSSR count). The Morgan fingerprint density at radius 1 is 1.42 bits per heavy atom. The summed E-state index contributed by atoms with van der Waals surface area (Å²) in [4.78, 5) is 0. The predicted molar refractivity (Wildman–Crippen MR) is 45.0 cm³/mol. The highest BCUT2D eigenvalue weighted by Crippen LogP contribution is 2.39. The number of hydrogen-bond donors (Lipinski definition) is 1. The first kappa shape index (κ1) is 7.58. The summed E-state index contributed by atoms with van der Waals surface area (Å²) in [6.07, 6.45) is 2.40. The molecule has 0 aromatic carbocycles. The van der Waals surface area contributed by atoms with Crippen LogP contribution in [0, 0.1) is 0 Å². The van der Waals surface area contributed by atoms with Crippen LogP contribution < -0.4 is 5.32 Å². The highest BCUT2D eigenvalue weighted by atomic mass is 16.4. The van der Waals surface area contributed by atoms with E-state index in [0.717, 1.165) is 5.89 Å². The molecule has 1 aliphatic rings. The summed E-state index contributed by atoms with van der Waals surface area (Å²) >= 11 is 0. The van der Waals surface area contributed by atoms with Crippen molar-refractivity contribution in [2.45, 2.75) is 38.6 Å². The molecular formula is C8H13N3O. The molecule has 0 amide bonds. The van der Waals surface area contributed by atoms with E-state index in [-0.39, 0.29) is 0 Å². The average Bonchev–Trinajstić information content (AvgIpc) is 2.73. The second-order valence-corrected chi connectivity index (χ2v) is 3.52. The van der Waals surface area contributed by atoms with Gasteiger partial charge in [0.25, 0.3) is 0 Å². The zero-order valence-corrected chi connectivity index (χ0v) is 7.37. The van der Waals surface area contributed by atoms with E-state index < -0.39 is 0 Å². The van der Waals surface area contributed by atoms with Gasteiger partial charge in [-0.15, -0.1) is 5.10 Å². The van der Waals surface area contributed by atoms with Gasteiger partial charge < -0.3 is 9.73 Å². The highest BCUT2D eigenvalue weighted by Gasteiger charge is 2.29. The molecule has 0 saturated heterocycles. The molecule has 0 spiro atoms. The molecule has 1 aromatic heterocycles. The Labute approximate surface area is 71.4 Å². The molecule has 0 aliphatic heterocycles. The van der Waals surface area contributed by atoms with Crippen LogP contribution in [0.3, 0.4) is 0 Å². The van der Waals surface area contributed by atoms with Crippen LogP contribution in [0.1, 0.15) is 38.5 Å². The van der Waals surface area contributed by atoms with Gasteiger partial charge in [-0.25, -0.2) is 0 Å². The lowest BCUT2D eigenvalue weighted by atomic mass is 10.4. The van der Waals surface area contributed by atoms with Crippen LogP contribution in [0.15, 0.2) is 4.42 Å². The number of hydrogen-bond acceptors (Lipinski definition) is 4. The van der Waals surface area contributed by atoms with E-state index in [1.165, 1.54) is 12.8 Å². The lowest BCUT2D eigenvalue weighted by Crippen LogP contribution is -2.09. The normalized spacial score (nSPS) is 16.9. The minimum absolute atomic E-state index is 0.345. The van der Waals surface area contributed by atoms with Gasteiger partial charge in [-0.05, 0) is 26.7 Å². The van der Waals surface area contributed by atoms with Gasteiger partial charge in [-0.3, -0.25) is 0 Å². The van der Waals surface area contributed by atoms with E-state index in [9.17, 15) is 0 Å². The van der Waals surface area contributed by atoms with E-state index in [1.54, 1.807) is 0 Å². The van der Waals surface area contributed by atoms with Crippen molar-refractivity contribution in [3.63, 3.8) is 0 Å². The summed E-state index contributed by atoms with van der Waals surface area (Å²) < 4.78 is 5.39. The quantitative estimate of drug-likeness (QED) is 0.745. The third-order valence-corrected chi connectivity index (χ3v) is 1.78. The van der Waals surface area contributed by atoms with Gasteiger partial charge in [-0.1, -0.05) is 5.10 Å². The van der Waals surface area contributed by atoms with Gasteiger partial charge in [-0.2, -0.15) is 0 Å². The van der Waals surface area contributed by atoms with Crippen LogP contribution in [-0.2, 0) is 0 Å². The smallest absolute Gasteiger partial charge is 0.315 e. The molecule has 1 N–H and O–H groups in total. The lowest BCUT2D eigenvalue weighted by molar-refractivity contribution is 0.504. The van der Waals surface area contributed by atoms with Crippen molar-refractivity contribution in [1.82, 2.24) is 10.2 Å². The Morgan fingerprint density at radius 3 is 2.75 bits per heavy atom. The van der Waals surface area contributed by atoms with E-state index in [2.05, 4.69) is 15.5 Å². The first-order valence-corrected chi connectivity index (χ1v) is 4.35. The maximum absolute atomic E-state index is 5.39. The molecular weight excluding hydrogens is 154 g/mol. The summed E-state index contributed by atoms with van der Waals surface area (Å²) in [5.41, 5.74) is 0. The van der Waals surface area contributed by atoms with Crippen LogP contribution in [0.25, 0.3) is 0 Å². The topological polar surface area (TPSA) is 51.0 Å². The number of nitrogens with zero attached hydrogens (tertiary/aromatic N) is 2. The molecule has 0 atom stereocenters. The molecule has 1 heterocycles. The second-order valence-electron chi connectivity index (χ2n) is 3.52. The van der Waals surface area contributed by atoms with E-state index in [0.29, 0.717) is 18.0 Å². The van der Waals surface area contributed by atoms with Crippen molar-refractivity contribution in [3.05, 3.63) is 5.89 Å². The van der Waals surface area contributed by atoms with Crippen LogP contribution >= 0.6 is 0 Å². The predicted octanol–water partition coefficient (Wildman–Crippen LogP) is 1.77. The summed E-state index contributed by atoms with van der Waals surface area (Å²) in [6, 6.07) is 0.893. The summed E-state index contributed by atoms with van der Waals surface area (Å²) in [7, 11) is 0. The minimum atomic E-state index is 0.345. The van der Waals surface area contributed by atoms with Crippen molar-refractivity contribution in [2.24, 2.45) is 0 Å². The number of nitrogens with one attached hydrogen (secondary N) is 1. The van der Waals surface area contributed by atoms with Crippen molar-refractivity contribution < 1.29 is 4.42 Å². The van der Waals surface area contributed by atoms with Gasteiger partial charge in [0.05, 0.1) is 0 Å².